The Balaban J connectivity index is 1.79. The van der Waals surface area contributed by atoms with E-state index in [9.17, 15) is 4.79 Å². The number of hydrogen-bond donors (Lipinski definition) is 1. The van der Waals surface area contributed by atoms with Crippen molar-refractivity contribution in [3.05, 3.63) is 11.9 Å². The Labute approximate surface area is 148 Å². The molecule has 0 unspecified atom stereocenters. The lowest BCUT2D eigenvalue weighted by Crippen LogP contribution is -2.16. The first-order valence-electron chi connectivity index (χ1n) is 8.70. The van der Waals surface area contributed by atoms with Gasteiger partial charge in [0.2, 0.25) is 5.91 Å². The molecule has 1 aromatic rings. The Kier molecular flexibility index (Phi) is 12.7. The van der Waals surface area contributed by atoms with Crippen LogP contribution < -0.4 is 5.73 Å². The van der Waals surface area contributed by atoms with Crippen molar-refractivity contribution < 1.29 is 23.7 Å². The van der Waals surface area contributed by atoms with Crippen LogP contribution >= 0.6 is 0 Å². The maximum atomic E-state index is 10.5. The zero-order valence-corrected chi connectivity index (χ0v) is 15.0. The van der Waals surface area contributed by atoms with Crippen molar-refractivity contribution in [3.8, 4) is 0 Å². The lowest BCUT2D eigenvalue weighted by molar-refractivity contribution is -0.119. The molecule has 0 bridgehead atoms. The van der Waals surface area contributed by atoms with E-state index < -0.39 is 0 Å². The maximum absolute atomic E-state index is 10.5. The van der Waals surface area contributed by atoms with Gasteiger partial charge in [-0.3, -0.25) is 4.79 Å². The molecule has 0 radical (unpaired) electrons. The van der Waals surface area contributed by atoms with Gasteiger partial charge in [0.1, 0.15) is 0 Å². The van der Waals surface area contributed by atoms with Crippen molar-refractivity contribution in [2.75, 3.05) is 52.9 Å². The van der Waals surface area contributed by atoms with Crippen molar-refractivity contribution in [2.45, 2.75) is 32.7 Å². The van der Waals surface area contributed by atoms with Gasteiger partial charge in [-0.25, -0.2) is 4.68 Å². The molecule has 0 aromatic carbocycles. The Bertz CT molecular complexity index is 455. The number of hydrogen-bond acceptors (Lipinski definition) is 7. The van der Waals surface area contributed by atoms with E-state index in [0.717, 1.165) is 18.5 Å². The number of nitrogens with two attached hydrogens (primary N) is 1. The Morgan fingerprint density at radius 2 is 1.56 bits per heavy atom. The highest BCUT2D eigenvalue weighted by Crippen LogP contribution is 1.97. The summed E-state index contributed by atoms with van der Waals surface area (Å²) < 4.78 is 23.2. The zero-order valence-electron chi connectivity index (χ0n) is 15.0. The summed E-state index contributed by atoms with van der Waals surface area (Å²) in [5, 5.41) is 8.13. The van der Waals surface area contributed by atoms with Crippen LogP contribution in [0.25, 0.3) is 0 Å². The van der Waals surface area contributed by atoms with Gasteiger partial charge in [-0.05, 0) is 6.42 Å². The molecule has 1 rings (SSSR count). The SMILES string of the molecule is CCCc1cn(CCOCCOCCOCCOCCC(N)=O)nn1. The number of rotatable bonds is 17. The summed E-state index contributed by atoms with van der Waals surface area (Å²) in [7, 11) is 0. The highest BCUT2D eigenvalue weighted by atomic mass is 16.6. The number of aromatic nitrogens is 3. The van der Waals surface area contributed by atoms with Gasteiger partial charge in [0, 0.05) is 12.6 Å². The number of aryl methyl sites for hydroxylation is 1. The van der Waals surface area contributed by atoms with Crippen LogP contribution in [0, 0.1) is 0 Å². The fourth-order valence-electron chi connectivity index (χ4n) is 1.91. The summed E-state index contributed by atoms with van der Waals surface area (Å²) in [6, 6.07) is 0. The van der Waals surface area contributed by atoms with Gasteiger partial charge in [0.15, 0.2) is 0 Å². The van der Waals surface area contributed by atoms with E-state index >= 15 is 0 Å². The monoisotopic (exact) mass is 358 g/mol. The van der Waals surface area contributed by atoms with Crippen LogP contribution in [-0.4, -0.2) is 73.8 Å². The molecule has 1 amide bonds. The third-order valence-corrected chi connectivity index (χ3v) is 3.17. The summed E-state index contributed by atoms with van der Waals surface area (Å²) >= 11 is 0. The van der Waals surface area contributed by atoms with Crippen LogP contribution in [0.1, 0.15) is 25.5 Å². The molecule has 0 saturated heterocycles. The van der Waals surface area contributed by atoms with Crippen LogP contribution in [0.2, 0.25) is 0 Å². The van der Waals surface area contributed by atoms with E-state index in [2.05, 4.69) is 17.2 Å². The number of carbonyl (C=O) groups is 1. The average Bonchev–Trinajstić information content (AvgIpc) is 3.03. The largest absolute Gasteiger partial charge is 0.379 e. The first-order chi connectivity index (χ1) is 12.2. The van der Waals surface area contributed by atoms with E-state index in [1.807, 2.05) is 6.20 Å². The molecule has 0 fully saturated rings. The number of primary amides is 1. The van der Waals surface area contributed by atoms with E-state index in [-0.39, 0.29) is 12.3 Å². The molecule has 1 aromatic heterocycles. The van der Waals surface area contributed by atoms with Crippen LogP contribution in [-0.2, 0) is 36.7 Å². The first-order valence-corrected chi connectivity index (χ1v) is 8.70. The van der Waals surface area contributed by atoms with E-state index in [0.29, 0.717) is 59.4 Å². The Morgan fingerprint density at radius 1 is 1.00 bits per heavy atom. The summed E-state index contributed by atoms with van der Waals surface area (Å²) in [6.07, 6.45) is 4.22. The van der Waals surface area contributed by atoms with Gasteiger partial charge in [0.05, 0.1) is 65.1 Å². The summed E-state index contributed by atoms with van der Waals surface area (Å²) in [6.45, 7) is 6.70. The van der Waals surface area contributed by atoms with Gasteiger partial charge in [-0.15, -0.1) is 5.10 Å². The molecule has 0 atom stereocenters. The molecule has 9 nitrogen and oxygen atoms in total. The van der Waals surface area contributed by atoms with Gasteiger partial charge in [0.25, 0.3) is 0 Å². The minimum Gasteiger partial charge on any atom is -0.379 e. The van der Waals surface area contributed by atoms with Crippen LogP contribution in [0.15, 0.2) is 6.20 Å². The van der Waals surface area contributed by atoms with E-state index in [1.54, 1.807) is 4.68 Å². The molecule has 2 N–H and O–H groups in total. The topological polar surface area (TPSA) is 111 Å². The lowest BCUT2D eigenvalue weighted by Gasteiger charge is -2.07. The number of ether oxygens (including phenoxy) is 4. The number of amides is 1. The number of nitrogens with zero attached hydrogens (tertiary/aromatic N) is 3. The lowest BCUT2D eigenvalue weighted by atomic mass is 10.3. The smallest absolute Gasteiger partial charge is 0.219 e. The third-order valence-electron chi connectivity index (χ3n) is 3.17. The summed E-state index contributed by atoms with van der Waals surface area (Å²) in [5.74, 6) is -0.362. The van der Waals surface area contributed by atoms with Gasteiger partial charge in [-0.1, -0.05) is 18.6 Å². The highest BCUT2D eigenvalue weighted by molar-refractivity contribution is 5.73. The van der Waals surface area contributed by atoms with Crippen molar-refractivity contribution >= 4 is 5.91 Å². The highest BCUT2D eigenvalue weighted by Gasteiger charge is 1.99. The first kappa shape index (κ1) is 21.5. The third kappa shape index (κ3) is 12.5. The van der Waals surface area contributed by atoms with Crippen LogP contribution in [0.4, 0.5) is 0 Å². The number of carbonyl (C=O) groups excluding carboxylic acids is 1. The normalized spacial score (nSPS) is 11.1. The molecule has 144 valence electrons. The second-order valence-corrected chi connectivity index (χ2v) is 5.39. The molecule has 0 spiro atoms. The predicted octanol–water partition coefficient (Wildman–Crippen LogP) is 0.172. The van der Waals surface area contributed by atoms with E-state index in [1.165, 1.54) is 0 Å². The molecule has 9 heteroatoms. The predicted molar refractivity (Wildman–Crippen MR) is 91.1 cm³/mol. The minimum absolute atomic E-state index is 0.236. The molecular formula is C16H30N4O5. The zero-order chi connectivity index (χ0) is 18.2. The summed E-state index contributed by atoms with van der Waals surface area (Å²) in [4.78, 5) is 10.5. The van der Waals surface area contributed by atoms with E-state index in [4.69, 9.17) is 24.7 Å². The fraction of sp³-hybridized carbons (Fsp3) is 0.812. The van der Waals surface area contributed by atoms with Gasteiger partial charge >= 0.3 is 0 Å². The molecular weight excluding hydrogens is 328 g/mol. The molecule has 1 heterocycles. The second-order valence-electron chi connectivity index (χ2n) is 5.39. The van der Waals surface area contributed by atoms with Crippen LogP contribution in [0.3, 0.4) is 0 Å². The standard InChI is InChI=1S/C16H30N4O5/c1-2-3-15-14-20(19-18-15)5-7-23-9-11-25-13-12-24-10-8-22-6-4-16(17)21/h14H,2-13H2,1H3,(H2,17,21). The average molecular weight is 358 g/mol. The maximum Gasteiger partial charge on any atom is 0.219 e. The van der Waals surface area contributed by atoms with Crippen molar-refractivity contribution in [3.63, 3.8) is 0 Å². The molecule has 0 aliphatic rings. The quantitative estimate of drug-likeness (QED) is 0.395. The Hall–Kier alpha value is -1.55. The molecule has 0 aliphatic carbocycles. The van der Waals surface area contributed by atoms with Crippen molar-refractivity contribution in [1.82, 2.24) is 15.0 Å². The minimum atomic E-state index is -0.362. The van der Waals surface area contributed by atoms with Crippen LogP contribution in [0.5, 0.6) is 0 Å². The summed E-state index contributed by atoms with van der Waals surface area (Å²) in [5.41, 5.74) is 6.01. The van der Waals surface area contributed by atoms with Crippen molar-refractivity contribution in [2.24, 2.45) is 5.73 Å². The Morgan fingerprint density at radius 3 is 2.12 bits per heavy atom. The van der Waals surface area contributed by atoms with Gasteiger partial charge in [-0.2, -0.15) is 0 Å². The molecule has 25 heavy (non-hydrogen) atoms. The van der Waals surface area contributed by atoms with Gasteiger partial charge < -0.3 is 24.7 Å². The second kappa shape index (κ2) is 14.8. The molecule has 0 aliphatic heterocycles. The molecule has 0 saturated carbocycles. The van der Waals surface area contributed by atoms with Crippen molar-refractivity contribution in [1.29, 1.82) is 0 Å². The fourth-order valence-corrected chi connectivity index (χ4v) is 1.91.